The Balaban J connectivity index is 1.73. The molecule has 2 unspecified atom stereocenters. The zero-order valence-corrected chi connectivity index (χ0v) is 9.17. The van der Waals surface area contributed by atoms with Crippen LogP contribution in [0.2, 0.25) is 0 Å². The van der Waals surface area contributed by atoms with Crippen molar-refractivity contribution in [3.8, 4) is 0 Å². The Labute approximate surface area is 86.8 Å². The Kier molecular flexibility index (Phi) is 3.79. The van der Waals surface area contributed by atoms with E-state index in [0.717, 1.165) is 25.7 Å². The molecule has 2 atom stereocenters. The van der Waals surface area contributed by atoms with Gasteiger partial charge >= 0.3 is 0 Å². The standard InChI is InChI=1S/C11H22N2O/c1-2-11-8-13(5-4-12-11)7-10-3-6-14-9-10/h10-12H,2-9H2,1H3. The van der Waals surface area contributed by atoms with E-state index in [4.69, 9.17) is 4.74 Å². The van der Waals surface area contributed by atoms with Crippen molar-refractivity contribution in [3.63, 3.8) is 0 Å². The highest BCUT2D eigenvalue weighted by Gasteiger charge is 2.23. The van der Waals surface area contributed by atoms with Gasteiger partial charge in [-0.05, 0) is 18.8 Å². The molecule has 0 aromatic carbocycles. The molecule has 0 amide bonds. The molecule has 2 saturated heterocycles. The average Bonchev–Trinajstić information content (AvgIpc) is 2.71. The largest absolute Gasteiger partial charge is 0.381 e. The first kappa shape index (κ1) is 10.4. The number of rotatable bonds is 3. The molecule has 2 fully saturated rings. The normalized spacial score (nSPS) is 34.9. The van der Waals surface area contributed by atoms with Crippen LogP contribution >= 0.6 is 0 Å². The highest BCUT2D eigenvalue weighted by atomic mass is 16.5. The lowest BCUT2D eigenvalue weighted by molar-refractivity contribution is 0.146. The lowest BCUT2D eigenvalue weighted by Crippen LogP contribution is -2.51. The maximum atomic E-state index is 5.41. The summed E-state index contributed by atoms with van der Waals surface area (Å²) in [6.07, 6.45) is 2.51. The van der Waals surface area contributed by atoms with Crippen LogP contribution in [0.4, 0.5) is 0 Å². The van der Waals surface area contributed by atoms with Crippen LogP contribution < -0.4 is 5.32 Å². The molecule has 2 aliphatic heterocycles. The lowest BCUT2D eigenvalue weighted by Gasteiger charge is -2.34. The molecule has 0 aromatic heterocycles. The quantitative estimate of drug-likeness (QED) is 0.723. The maximum absolute atomic E-state index is 5.41. The fourth-order valence-corrected chi connectivity index (χ4v) is 2.43. The van der Waals surface area contributed by atoms with Crippen LogP contribution in [0, 0.1) is 5.92 Å². The van der Waals surface area contributed by atoms with Crippen molar-refractivity contribution in [1.82, 2.24) is 10.2 Å². The second kappa shape index (κ2) is 5.10. The van der Waals surface area contributed by atoms with Gasteiger partial charge in [0.15, 0.2) is 0 Å². The van der Waals surface area contributed by atoms with Crippen LogP contribution in [0.5, 0.6) is 0 Å². The van der Waals surface area contributed by atoms with E-state index in [9.17, 15) is 0 Å². The Morgan fingerprint density at radius 1 is 1.50 bits per heavy atom. The first-order valence-electron chi connectivity index (χ1n) is 5.92. The van der Waals surface area contributed by atoms with Crippen molar-refractivity contribution < 1.29 is 4.74 Å². The van der Waals surface area contributed by atoms with Crippen LogP contribution in [0.1, 0.15) is 19.8 Å². The summed E-state index contributed by atoms with van der Waals surface area (Å²) >= 11 is 0. The molecule has 0 aliphatic carbocycles. The highest BCUT2D eigenvalue weighted by Crippen LogP contribution is 2.15. The number of nitrogens with one attached hydrogen (secondary N) is 1. The van der Waals surface area contributed by atoms with Gasteiger partial charge in [-0.3, -0.25) is 0 Å². The van der Waals surface area contributed by atoms with Crippen molar-refractivity contribution in [3.05, 3.63) is 0 Å². The minimum absolute atomic E-state index is 0.714. The molecular weight excluding hydrogens is 176 g/mol. The summed E-state index contributed by atoms with van der Waals surface area (Å²) in [6, 6.07) is 0.714. The summed E-state index contributed by atoms with van der Waals surface area (Å²) in [4.78, 5) is 2.60. The molecule has 0 saturated carbocycles. The average molecular weight is 198 g/mol. The number of hydrogen-bond acceptors (Lipinski definition) is 3. The molecule has 0 bridgehead atoms. The molecule has 1 N–H and O–H groups in total. The Morgan fingerprint density at radius 2 is 2.43 bits per heavy atom. The van der Waals surface area contributed by atoms with E-state index in [1.165, 1.54) is 32.5 Å². The van der Waals surface area contributed by atoms with Crippen molar-refractivity contribution in [1.29, 1.82) is 0 Å². The molecule has 82 valence electrons. The predicted octanol–water partition coefficient (Wildman–Crippen LogP) is 0.707. The first-order valence-corrected chi connectivity index (χ1v) is 5.92. The van der Waals surface area contributed by atoms with Crippen LogP contribution in [0.3, 0.4) is 0 Å². The molecule has 2 heterocycles. The van der Waals surface area contributed by atoms with E-state index in [-0.39, 0.29) is 0 Å². The van der Waals surface area contributed by atoms with E-state index in [1.54, 1.807) is 0 Å². The monoisotopic (exact) mass is 198 g/mol. The number of ether oxygens (including phenoxy) is 1. The van der Waals surface area contributed by atoms with Gasteiger partial charge in [0.1, 0.15) is 0 Å². The number of nitrogens with zero attached hydrogens (tertiary/aromatic N) is 1. The van der Waals surface area contributed by atoms with Gasteiger partial charge in [-0.2, -0.15) is 0 Å². The van der Waals surface area contributed by atoms with Crippen LogP contribution in [-0.4, -0.2) is 50.3 Å². The summed E-state index contributed by atoms with van der Waals surface area (Å²) in [5.74, 6) is 0.797. The van der Waals surface area contributed by atoms with Gasteiger partial charge in [0.25, 0.3) is 0 Å². The van der Waals surface area contributed by atoms with E-state index >= 15 is 0 Å². The summed E-state index contributed by atoms with van der Waals surface area (Å²) in [5, 5.41) is 3.55. The van der Waals surface area contributed by atoms with Crippen LogP contribution in [0.25, 0.3) is 0 Å². The molecule has 2 rings (SSSR count). The van der Waals surface area contributed by atoms with Crippen molar-refractivity contribution in [2.24, 2.45) is 5.92 Å². The molecule has 3 nitrogen and oxygen atoms in total. The summed E-state index contributed by atoms with van der Waals surface area (Å²) in [5.41, 5.74) is 0. The summed E-state index contributed by atoms with van der Waals surface area (Å²) in [6.45, 7) is 9.08. The van der Waals surface area contributed by atoms with Crippen molar-refractivity contribution >= 4 is 0 Å². The van der Waals surface area contributed by atoms with E-state index in [2.05, 4.69) is 17.1 Å². The minimum atomic E-state index is 0.714. The zero-order valence-electron chi connectivity index (χ0n) is 9.17. The highest BCUT2D eigenvalue weighted by molar-refractivity contribution is 4.79. The SMILES string of the molecule is CCC1CN(CC2CCOC2)CCN1. The molecular formula is C11H22N2O. The summed E-state index contributed by atoms with van der Waals surface area (Å²) in [7, 11) is 0. The molecule has 0 radical (unpaired) electrons. The second-order valence-corrected chi connectivity index (χ2v) is 4.55. The van der Waals surface area contributed by atoms with Gasteiger partial charge in [0.2, 0.25) is 0 Å². The lowest BCUT2D eigenvalue weighted by atomic mass is 10.1. The predicted molar refractivity (Wildman–Crippen MR) is 57.4 cm³/mol. The van der Waals surface area contributed by atoms with Crippen molar-refractivity contribution in [2.75, 3.05) is 39.4 Å². The topological polar surface area (TPSA) is 24.5 Å². The fourth-order valence-electron chi connectivity index (χ4n) is 2.43. The van der Waals surface area contributed by atoms with Gasteiger partial charge in [-0.1, -0.05) is 6.92 Å². The molecule has 3 heteroatoms. The van der Waals surface area contributed by atoms with E-state index in [0.29, 0.717) is 6.04 Å². The summed E-state index contributed by atoms with van der Waals surface area (Å²) < 4.78 is 5.41. The minimum Gasteiger partial charge on any atom is -0.381 e. The van der Waals surface area contributed by atoms with Gasteiger partial charge in [0, 0.05) is 38.8 Å². The molecule has 0 spiro atoms. The third-order valence-corrected chi connectivity index (χ3v) is 3.37. The first-order chi connectivity index (χ1) is 6.88. The van der Waals surface area contributed by atoms with Crippen LogP contribution in [0.15, 0.2) is 0 Å². The molecule has 0 aromatic rings. The molecule has 14 heavy (non-hydrogen) atoms. The van der Waals surface area contributed by atoms with Gasteiger partial charge in [-0.25, -0.2) is 0 Å². The van der Waals surface area contributed by atoms with Gasteiger partial charge in [0.05, 0.1) is 6.61 Å². The Bertz CT molecular complexity index is 169. The Hall–Kier alpha value is -0.120. The van der Waals surface area contributed by atoms with E-state index in [1.807, 2.05) is 0 Å². The fraction of sp³-hybridized carbons (Fsp3) is 1.00. The van der Waals surface area contributed by atoms with Crippen molar-refractivity contribution in [2.45, 2.75) is 25.8 Å². The van der Waals surface area contributed by atoms with Gasteiger partial charge in [-0.15, -0.1) is 0 Å². The third-order valence-electron chi connectivity index (χ3n) is 3.37. The smallest absolute Gasteiger partial charge is 0.0507 e. The maximum Gasteiger partial charge on any atom is 0.0507 e. The van der Waals surface area contributed by atoms with Gasteiger partial charge < -0.3 is 15.0 Å². The second-order valence-electron chi connectivity index (χ2n) is 4.55. The Morgan fingerprint density at radius 3 is 3.14 bits per heavy atom. The number of piperazine rings is 1. The third kappa shape index (κ3) is 2.69. The zero-order chi connectivity index (χ0) is 9.80. The number of hydrogen-bond donors (Lipinski definition) is 1. The van der Waals surface area contributed by atoms with E-state index < -0.39 is 0 Å². The molecule has 2 aliphatic rings. The van der Waals surface area contributed by atoms with Crippen LogP contribution in [-0.2, 0) is 4.74 Å².